The summed E-state index contributed by atoms with van der Waals surface area (Å²) in [5, 5.41) is 8.54. The van der Waals surface area contributed by atoms with Gasteiger partial charge in [0.2, 0.25) is 5.60 Å². The minimum absolute atomic E-state index is 0.121. The molecule has 0 radical (unpaired) electrons. The zero-order valence-electron chi connectivity index (χ0n) is 6.83. The van der Waals surface area contributed by atoms with Crippen LogP contribution in [0, 0.1) is 0 Å². The van der Waals surface area contributed by atoms with Gasteiger partial charge >= 0.3 is 11.9 Å². The number of carboxylic acid groups (broad SMARTS) is 1. The van der Waals surface area contributed by atoms with Crippen molar-refractivity contribution >= 4 is 24.6 Å². The lowest BCUT2D eigenvalue weighted by Gasteiger charge is -2.19. The molecule has 5 heteroatoms. The van der Waals surface area contributed by atoms with Crippen molar-refractivity contribution in [2.24, 2.45) is 0 Å². The largest absolute Gasteiger partial charge is 0.478 e. The van der Waals surface area contributed by atoms with E-state index in [-0.39, 0.29) is 4.91 Å². The van der Waals surface area contributed by atoms with Gasteiger partial charge in [-0.05, 0) is 13.8 Å². The lowest BCUT2D eigenvalue weighted by Crippen LogP contribution is -2.36. The number of carbonyl (C=O) groups excluding carboxylic acids is 1. The summed E-state index contributed by atoms with van der Waals surface area (Å²) in [6.07, 6.45) is 0. The number of carboxylic acids is 1. The van der Waals surface area contributed by atoms with E-state index in [1.165, 1.54) is 13.8 Å². The minimum Gasteiger partial charge on any atom is -0.478 e. The van der Waals surface area contributed by atoms with Gasteiger partial charge in [-0.3, -0.25) is 0 Å². The van der Waals surface area contributed by atoms with E-state index in [2.05, 4.69) is 23.9 Å². The molecule has 0 heterocycles. The first kappa shape index (κ1) is 11.0. The number of rotatable bonds is 3. The Balaban J connectivity index is 4.35. The van der Waals surface area contributed by atoms with Crippen LogP contribution in [0.15, 0.2) is 11.5 Å². The Morgan fingerprint density at radius 2 is 1.92 bits per heavy atom. The molecule has 0 bridgehead atoms. The van der Waals surface area contributed by atoms with Crippen molar-refractivity contribution < 1.29 is 19.4 Å². The van der Waals surface area contributed by atoms with Crippen LogP contribution in [0.25, 0.3) is 0 Å². The molecule has 0 aliphatic carbocycles. The molecule has 0 spiro atoms. The molecule has 0 fully saturated rings. The molecule has 1 N–H and O–H groups in total. The van der Waals surface area contributed by atoms with Gasteiger partial charge in [0.25, 0.3) is 0 Å². The molecule has 0 unspecified atom stereocenters. The molecule has 0 saturated carbocycles. The van der Waals surface area contributed by atoms with Crippen molar-refractivity contribution in [2.45, 2.75) is 19.4 Å². The van der Waals surface area contributed by atoms with E-state index in [9.17, 15) is 9.59 Å². The third-order valence-corrected chi connectivity index (χ3v) is 1.28. The van der Waals surface area contributed by atoms with E-state index in [0.29, 0.717) is 0 Å². The third-order valence-electron chi connectivity index (χ3n) is 1.10. The Morgan fingerprint density at radius 3 is 2.17 bits per heavy atom. The van der Waals surface area contributed by atoms with Crippen LogP contribution in [0.3, 0.4) is 0 Å². The van der Waals surface area contributed by atoms with Crippen LogP contribution >= 0.6 is 12.6 Å². The monoisotopic (exact) mass is 190 g/mol. The maximum atomic E-state index is 10.8. The van der Waals surface area contributed by atoms with Gasteiger partial charge in [0.05, 0.1) is 4.91 Å². The summed E-state index contributed by atoms with van der Waals surface area (Å²) in [6, 6.07) is 0. The lowest BCUT2D eigenvalue weighted by molar-refractivity contribution is -0.171. The SMILES string of the molecule is C=C(S)C(=O)OC(C)(C)C(=O)O. The lowest BCUT2D eigenvalue weighted by atomic mass is 10.1. The van der Waals surface area contributed by atoms with Gasteiger partial charge in [-0.25, -0.2) is 9.59 Å². The number of esters is 1. The van der Waals surface area contributed by atoms with Gasteiger partial charge in [-0.1, -0.05) is 6.58 Å². The smallest absolute Gasteiger partial charge is 0.347 e. The van der Waals surface area contributed by atoms with Gasteiger partial charge in [0.15, 0.2) is 0 Å². The van der Waals surface area contributed by atoms with E-state index >= 15 is 0 Å². The molecule has 0 rings (SSSR count). The second-order valence-corrected chi connectivity index (χ2v) is 3.19. The van der Waals surface area contributed by atoms with Crippen molar-refractivity contribution in [1.82, 2.24) is 0 Å². The Kier molecular flexibility index (Phi) is 3.33. The molecule has 4 nitrogen and oxygen atoms in total. The molecule has 0 aliphatic heterocycles. The number of hydrogen-bond donors (Lipinski definition) is 2. The molecular formula is C7H10O4S. The van der Waals surface area contributed by atoms with E-state index in [1.807, 2.05) is 0 Å². The topological polar surface area (TPSA) is 63.6 Å². The number of ether oxygens (including phenoxy) is 1. The fourth-order valence-corrected chi connectivity index (χ4v) is 0.380. The normalized spacial score (nSPS) is 10.6. The van der Waals surface area contributed by atoms with Crippen molar-refractivity contribution in [3.8, 4) is 0 Å². The van der Waals surface area contributed by atoms with E-state index in [1.54, 1.807) is 0 Å². The molecule has 12 heavy (non-hydrogen) atoms. The van der Waals surface area contributed by atoms with Crippen LogP contribution in [0.4, 0.5) is 0 Å². The number of hydrogen-bond acceptors (Lipinski definition) is 4. The predicted molar refractivity (Wildman–Crippen MR) is 45.9 cm³/mol. The fourth-order valence-electron chi connectivity index (χ4n) is 0.334. The second kappa shape index (κ2) is 3.62. The van der Waals surface area contributed by atoms with Gasteiger partial charge in [0, 0.05) is 0 Å². The van der Waals surface area contributed by atoms with Crippen LogP contribution in [0.2, 0.25) is 0 Å². The zero-order valence-corrected chi connectivity index (χ0v) is 7.72. The van der Waals surface area contributed by atoms with Crippen LogP contribution < -0.4 is 0 Å². The quantitative estimate of drug-likeness (QED) is 0.393. The molecule has 0 aromatic rings. The summed E-state index contributed by atoms with van der Waals surface area (Å²) in [5.41, 5.74) is -1.54. The van der Waals surface area contributed by atoms with E-state index < -0.39 is 17.5 Å². The average Bonchev–Trinajstić information content (AvgIpc) is 1.85. The third kappa shape index (κ3) is 2.96. The molecule has 0 aliphatic rings. The summed E-state index contributed by atoms with van der Waals surface area (Å²) in [6.45, 7) is 5.73. The molecule has 0 aromatic carbocycles. The highest BCUT2D eigenvalue weighted by Crippen LogP contribution is 2.12. The summed E-state index contributed by atoms with van der Waals surface area (Å²) in [5.74, 6) is -2.05. The summed E-state index contributed by atoms with van der Waals surface area (Å²) < 4.78 is 4.55. The Labute approximate surface area is 75.6 Å². The maximum Gasteiger partial charge on any atom is 0.347 e. The highest BCUT2D eigenvalue weighted by molar-refractivity contribution is 7.85. The van der Waals surface area contributed by atoms with Crippen molar-refractivity contribution in [1.29, 1.82) is 0 Å². The first-order valence-electron chi connectivity index (χ1n) is 3.12. The maximum absolute atomic E-state index is 10.8. The van der Waals surface area contributed by atoms with E-state index in [0.717, 1.165) is 0 Å². The van der Waals surface area contributed by atoms with Gasteiger partial charge < -0.3 is 9.84 Å². The van der Waals surface area contributed by atoms with Gasteiger partial charge in [0.1, 0.15) is 0 Å². The standard InChI is InChI=1S/C7H10O4S/c1-4(12)5(8)11-7(2,3)6(9)10/h12H,1H2,2-3H3,(H,9,10). The minimum atomic E-state index is -1.54. The van der Waals surface area contributed by atoms with Crippen LogP contribution in [-0.2, 0) is 14.3 Å². The van der Waals surface area contributed by atoms with Crippen LogP contribution in [0.5, 0.6) is 0 Å². The predicted octanol–water partition coefficient (Wildman–Crippen LogP) is 0.836. The fraction of sp³-hybridized carbons (Fsp3) is 0.429. The number of carbonyl (C=O) groups is 2. The molecule has 0 atom stereocenters. The first-order valence-corrected chi connectivity index (χ1v) is 3.56. The first-order chi connectivity index (χ1) is 5.27. The zero-order chi connectivity index (χ0) is 9.94. The molecule has 68 valence electrons. The summed E-state index contributed by atoms with van der Waals surface area (Å²) in [4.78, 5) is 21.1. The average molecular weight is 190 g/mol. The Hall–Kier alpha value is -0.970. The highest BCUT2D eigenvalue weighted by atomic mass is 32.1. The van der Waals surface area contributed by atoms with E-state index in [4.69, 9.17) is 5.11 Å². The highest BCUT2D eigenvalue weighted by Gasteiger charge is 2.31. The molecular weight excluding hydrogens is 180 g/mol. The Morgan fingerprint density at radius 1 is 1.50 bits per heavy atom. The number of aliphatic carboxylic acids is 1. The van der Waals surface area contributed by atoms with Crippen molar-refractivity contribution in [2.75, 3.05) is 0 Å². The van der Waals surface area contributed by atoms with Gasteiger partial charge in [-0.15, -0.1) is 12.6 Å². The molecule has 0 aromatic heterocycles. The second-order valence-electron chi connectivity index (χ2n) is 2.65. The van der Waals surface area contributed by atoms with Gasteiger partial charge in [-0.2, -0.15) is 0 Å². The van der Waals surface area contributed by atoms with Crippen LogP contribution in [0.1, 0.15) is 13.8 Å². The van der Waals surface area contributed by atoms with Crippen LogP contribution in [-0.4, -0.2) is 22.6 Å². The van der Waals surface area contributed by atoms with Crippen molar-refractivity contribution in [3.05, 3.63) is 11.5 Å². The summed E-state index contributed by atoms with van der Waals surface area (Å²) >= 11 is 3.61. The summed E-state index contributed by atoms with van der Waals surface area (Å²) in [7, 11) is 0. The number of thiol groups is 1. The van der Waals surface area contributed by atoms with Crippen molar-refractivity contribution in [3.63, 3.8) is 0 Å². The molecule has 0 amide bonds. The Bertz CT molecular complexity index is 232. The molecule has 0 saturated heterocycles.